The van der Waals surface area contributed by atoms with Crippen LogP contribution in [0.3, 0.4) is 0 Å². The number of fused-ring (bicyclic) bond motifs is 8. The number of cyclic esters (lactones) is 1. The van der Waals surface area contributed by atoms with Gasteiger partial charge in [0, 0.05) is 62.9 Å². The molecule has 21 nitrogen and oxygen atoms in total. The maximum Gasteiger partial charge on any atom is 0.414 e. The number of urea groups is 2. The quantitative estimate of drug-likeness (QED) is 0.161. The molecule has 0 saturated carbocycles. The van der Waals surface area contributed by atoms with E-state index in [9.17, 15) is 29.1 Å². The average Bonchev–Trinajstić information content (AvgIpc) is 3.99. The van der Waals surface area contributed by atoms with Gasteiger partial charge in [0.2, 0.25) is 0 Å². The molecule has 0 radical (unpaired) electrons. The smallest absolute Gasteiger partial charge is 0.414 e. The molecule has 9 heterocycles. The molecular weight excluding hydrogens is 768 g/mol. The summed E-state index contributed by atoms with van der Waals surface area (Å²) in [5.41, 5.74) is 2.88. The molecule has 0 aliphatic carbocycles. The molecule has 4 aromatic heterocycles. The molecule has 5 aliphatic heterocycles. The van der Waals surface area contributed by atoms with Crippen LogP contribution in [0.4, 0.5) is 60.4 Å². The average molecular weight is 809 g/mol. The molecule has 21 heteroatoms. The molecule has 306 valence electrons. The van der Waals surface area contributed by atoms with Crippen LogP contribution < -0.4 is 40.4 Å². The monoisotopic (exact) mass is 808 g/mol. The van der Waals surface area contributed by atoms with E-state index in [2.05, 4.69) is 45.7 Å². The zero-order valence-electron chi connectivity index (χ0n) is 31.8. The molecule has 2 atom stereocenters. The Morgan fingerprint density at radius 1 is 0.814 bits per heavy atom. The maximum absolute atomic E-state index is 13.3. The minimum atomic E-state index is -1.14. The van der Waals surface area contributed by atoms with Gasteiger partial charge in [-0.2, -0.15) is 0 Å². The number of methoxy groups -OCH3 is 1. The lowest BCUT2D eigenvalue weighted by Gasteiger charge is -2.35. The fourth-order valence-electron chi connectivity index (χ4n) is 7.71. The van der Waals surface area contributed by atoms with Gasteiger partial charge in [-0.1, -0.05) is 0 Å². The van der Waals surface area contributed by atoms with Crippen LogP contribution in [0.1, 0.15) is 33.8 Å². The van der Waals surface area contributed by atoms with E-state index in [0.29, 0.717) is 61.7 Å². The highest BCUT2D eigenvalue weighted by Crippen LogP contribution is 2.40. The molecule has 3 saturated heterocycles. The number of carbonyl (C=O) groups is 5. The van der Waals surface area contributed by atoms with Gasteiger partial charge in [0.1, 0.15) is 18.2 Å². The zero-order chi connectivity index (χ0) is 41.2. The van der Waals surface area contributed by atoms with Crippen molar-refractivity contribution in [3.63, 3.8) is 0 Å². The predicted octanol–water partition coefficient (Wildman–Crippen LogP) is 3.06. The lowest BCUT2D eigenvalue weighted by molar-refractivity contribution is 0.0593. The topological polar surface area (TPSA) is 248 Å². The Bertz CT molecular complexity index is 2310. The molecular formula is C38H40N12O9. The Balaban J connectivity index is 0.000000165. The SMILES string of the molecule is COC(=O)c1ccc2c(n1)N(C(=O)Nc1cc(N3CCOC3=O)ccn1)[C@H]1CCN2C1.O=C(O)c1ccc2c(n1)N(C(=O)Nc1cc(NCCO)ccn1)[C@H]1CCN2C1. The number of aliphatic hydroxyl groups is 1. The first-order chi connectivity index (χ1) is 28.6. The van der Waals surface area contributed by atoms with E-state index in [-0.39, 0.29) is 30.1 Å². The second-order valence-corrected chi connectivity index (χ2v) is 14.0. The van der Waals surface area contributed by atoms with Crippen LogP contribution in [0.15, 0.2) is 60.9 Å². The first-order valence-corrected chi connectivity index (χ1v) is 18.9. The number of nitrogens with one attached hydrogen (secondary N) is 3. The lowest BCUT2D eigenvalue weighted by Crippen LogP contribution is -2.48. The van der Waals surface area contributed by atoms with Crippen LogP contribution in [0, 0.1) is 0 Å². The maximum atomic E-state index is 13.3. The number of anilines is 8. The van der Waals surface area contributed by atoms with Gasteiger partial charge in [0.05, 0.1) is 49.4 Å². The van der Waals surface area contributed by atoms with E-state index in [0.717, 1.165) is 43.0 Å². The number of aromatic nitrogens is 4. The van der Waals surface area contributed by atoms with E-state index in [1.807, 2.05) is 0 Å². The van der Waals surface area contributed by atoms with Crippen molar-refractivity contribution in [1.82, 2.24) is 19.9 Å². The van der Waals surface area contributed by atoms with Gasteiger partial charge in [0.25, 0.3) is 0 Å². The minimum absolute atomic E-state index is 0.00959. The number of carbonyl (C=O) groups excluding carboxylic acids is 4. The zero-order valence-corrected chi connectivity index (χ0v) is 31.8. The number of hydrogen-bond donors (Lipinski definition) is 5. The van der Waals surface area contributed by atoms with Crippen molar-refractivity contribution < 1.29 is 43.7 Å². The van der Waals surface area contributed by atoms with E-state index < -0.39 is 30.1 Å². The normalized spacial score (nSPS) is 18.3. The first-order valence-electron chi connectivity index (χ1n) is 18.9. The van der Waals surface area contributed by atoms with Gasteiger partial charge >= 0.3 is 30.1 Å². The summed E-state index contributed by atoms with van der Waals surface area (Å²) >= 11 is 0. The number of amides is 5. The number of aliphatic hydroxyl groups excluding tert-OH is 1. The molecule has 5 aliphatic rings. The fraction of sp³-hybridized carbons (Fsp3) is 0.342. The summed E-state index contributed by atoms with van der Waals surface area (Å²) in [5, 5.41) is 26.8. The van der Waals surface area contributed by atoms with Gasteiger partial charge in [-0.25, -0.2) is 43.9 Å². The number of carboxylic acid groups (broad SMARTS) is 1. The first kappa shape index (κ1) is 38.6. The van der Waals surface area contributed by atoms with Crippen molar-refractivity contribution in [1.29, 1.82) is 0 Å². The number of pyridine rings is 4. The van der Waals surface area contributed by atoms with Gasteiger partial charge in [-0.3, -0.25) is 25.3 Å². The molecule has 3 fully saturated rings. The summed E-state index contributed by atoms with van der Waals surface area (Å²) in [4.78, 5) is 87.3. The molecule has 9 rings (SSSR count). The third-order valence-corrected chi connectivity index (χ3v) is 10.4. The second-order valence-electron chi connectivity index (χ2n) is 14.0. The molecule has 5 N–H and O–H groups in total. The third kappa shape index (κ3) is 7.74. The molecule has 5 amide bonds. The molecule has 0 aromatic carbocycles. The Labute approximate surface area is 336 Å². The van der Waals surface area contributed by atoms with Crippen LogP contribution in [-0.4, -0.2) is 132 Å². The van der Waals surface area contributed by atoms with Gasteiger partial charge in [0.15, 0.2) is 23.0 Å². The van der Waals surface area contributed by atoms with E-state index in [4.69, 9.17) is 14.6 Å². The Kier molecular flexibility index (Phi) is 10.7. The lowest BCUT2D eigenvalue weighted by atomic mass is 10.2. The van der Waals surface area contributed by atoms with Crippen LogP contribution in [0.25, 0.3) is 0 Å². The van der Waals surface area contributed by atoms with Crippen molar-refractivity contribution in [3.05, 3.63) is 72.3 Å². The molecule has 59 heavy (non-hydrogen) atoms. The van der Waals surface area contributed by atoms with Crippen molar-refractivity contribution in [2.45, 2.75) is 24.9 Å². The van der Waals surface area contributed by atoms with Gasteiger partial charge < -0.3 is 34.8 Å². The van der Waals surface area contributed by atoms with Gasteiger partial charge in [-0.15, -0.1) is 0 Å². The highest BCUT2D eigenvalue weighted by molar-refractivity contribution is 6.06. The Morgan fingerprint density at radius 2 is 1.41 bits per heavy atom. The molecule has 0 unspecified atom stereocenters. The summed E-state index contributed by atoms with van der Waals surface area (Å²) < 4.78 is 9.74. The third-order valence-electron chi connectivity index (χ3n) is 10.4. The van der Waals surface area contributed by atoms with Crippen LogP contribution in [0.5, 0.6) is 0 Å². The number of nitrogens with zero attached hydrogens (tertiary/aromatic N) is 9. The second kappa shape index (κ2) is 16.3. The number of esters is 1. The molecule has 4 aromatic rings. The Hall–Kier alpha value is -7.29. The van der Waals surface area contributed by atoms with Crippen molar-refractivity contribution in [2.24, 2.45) is 0 Å². The van der Waals surface area contributed by atoms with Gasteiger partial charge in [-0.05, 0) is 49.2 Å². The number of carboxylic acids is 1. The van der Waals surface area contributed by atoms with E-state index in [1.54, 1.807) is 53.6 Å². The summed E-state index contributed by atoms with van der Waals surface area (Å²) in [5.74, 6) is -0.296. The van der Waals surface area contributed by atoms with Crippen LogP contribution >= 0.6 is 0 Å². The summed E-state index contributed by atoms with van der Waals surface area (Å²) in [6, 6.07) is 12.3. The van der Waals surface area contributed by atoms with Crippen molar-refractivity contribution in [3.8, 4) is 0 Å². The number of ether oxygens (including phenoxy) is 2. The molecule has 4 bridgehead atoms. The largest absolute Gasteiger partial charge is 0.477 e. The Morgan fingerprint density at radius 3 is 1.98 bits per heavy atom. The molecule has 0 spiro atoms. The highest BCUT2D eigenvalue weighted by atomic mass is 16.6. The summed E-state index contributed by atoms with van der Waals surface area (Å²) in [6.07, 6.45) is 4.20. The van der Waals surface area contributed by atoms with Crippen molar-refractivity contribution >= 4 is 76.1 Å². The predicted molar refractivity (Wildman–Crippen MR) is 214 cm³/mol. The summed E-state index contributed by atoms with van der Waals surface area (Å²) in [6.45, 7) is 4.08. The minimum Gasteiger partial charge on any atom is -0.477 e. The number of rotatable bonds is 8. The van der Waals surface area contributed by atoms with Crippen LogP contribution in [-0.2, 0) is 9.47 Å². The van der Waals surface area contributed by atoms with Crippen molar-refractivity contribution in [2.75, 3.05) is 100 Å². The van der Waals surface area contributed by atoms with Crippen LogP contribution in [0.2, 0.25) is 0 Å². The number of aromatic carboxylic acids is 1. The standard InChI is InChI=1S/C20H20N6O5.C18H20N6O4/c1-30-18(27)14-2-3-15-17(22-14)26(13-5-7-24(15)11-13)19(28)23-16-10-12(4-6-21-16)25-8-9-31-20(25)29;25-8-6-19-11-3-5-20-15(9-11)22-18(28)24-12-4-7-23(10-12)14-2-1-13(17(26)27)21-16(14)24/h2-4,6,10,13H,5,7-9,11H2,1H3,(H,21,23,28);1-3,5,9,12,25H,4,6-8,10H2,(H,26,27)(H2,19,20,22,28)/t13-;12-/m00/s1. The number of hydrogen-bond acceptors (Lipinski definition) is 15. The highest BCUT2D eigenvalue weighted by Gasteiger charge is 2.42. The van der Waals surface area contributed by atoms with E-state index in [1.165, 1.54) is 29.2 Å². The summed E-state index contributed by atoms with van der Waals surface area (Å²) in [7, 11) is 1.29. The fourth-order valence-corrected chi connectivity index (χ4v) is 7.71. The van der Waals surface area contributed by atoms with E-state index >= 15 is 0 Å².